The highest BCUT2D eigenvalue weighted by Gasteiger charge is 2.18. The van der Waals surface area contributed by atoms with Gasteiger partial charge in [0.25, 0.3) is 0 Å². The molecule has 2 rings (SSSR count). The topological polar surface area (TPSA) is 40.5 Å². The van der Waals surface area contributed by atoms with Crippen molar-refractivity contribution < 1.29 is 9.90 Å². The molecule has 1 heterocycles. The van der Waals surface area contributed by atoms with E-state index in [0.29, 0.717) is 5.92 Å². The first-order valence-corrected chi connectivity index (χ1v) is 6.59. The molecule has 0 fully saturated rings. The van der Waals surface area contributed by atoms with Gasteiger partial charge in [-0.1, -0.05) is 32.0 Å². The minimum absolute atomic E-state index is 0.146. The summed E-state index contributed by atoms with van der Waals surface area (Å²) in [5, 5.41) is 8.82. The Kier molecular flexibility index (Phi) is 4.02. The van der Waals surface area contributed by atoms with Gasteiger partial charge in [-0.15, -0.1) is 0 Å². The first-order valence-electron chi connectivity index (χ1n) is 6.59. The lowest BCUT2D eigenvalue weighted by molar-refractivity contribution is -0.138. The van der Waals surface area contributed by atoms with E-state index >= 15 is 0 Å². The van der Waals surface area contributed by atoms with E-state index in [2.05, 4.69) is 32.0 Å². The molecule has 98 valence electrons. The molecule has 0 saturated carbocycles. The van der Waals surface area contributed by atoms with Gasteiger partial charge in [0.1, 0.15) is 0 Å². The van der Waals surface area contributed by atoms with Gasteiger partial charge in [0.2, 0.25) is 0 Å². The van der Waals surface area contributed by atoms with Crippen molar-refractivity contribution in [2.75, 3.05) is 13.1 Å². The van der Waals surface area contributed by atoms with Crippen molar-refractivity contribution in [3.63, 3.8) is 0 Å². The van der Waals surface area contributed by atoms with Gasteiger partial charge < -0.3 is 5.11 Å². The van der Waals surface area contributed by atoms with Gasteiger partial charge in [0.05, 0.1) is 6.54 Å². The molecule has 1 aliphatic heterocycles. The summed E-state index contributed by atoms with van der Waals surface area (Å²) in [7, 11) is 0. The number of hydrogen-bond donors (Lipinski definition) is 1. The average molecular weight is 247 g/mol. The average Bonchev–Trinajstić information content (AvgIpc) is 2.27. The van der Waals surface area contributed by atoms with Gasteiger partial charge in [-0.25, -0.2) is 0 Å². The van der Waals surface area contributed by atoms with E-state index in [1.54, 1.807) is 0 Å². The Hall–Kier alpha value is -1.35. The molecule has 1 aliphatic rings. The van der Waals surface area contributed by atoms with Crippen molar-refractivity contribution in [3.8, 4) is 0 Å². The molecule has 0 aliphatic carbocycles. The molecule has 3 nitrogen and oxygen atoms in total. The molecule has 0 saturated heterocycles. The number of aliphatic carboxylic acids is 1. The van der Waals surface area contributed by atoms with Crippen LogP contribution in [0.15, 0.2) is 18.2 Å². The Balaban J connectivity index is 2.08. The molecular formula is C15H21NO2. The van der Waals surface area contributed by atoms with E-state index in [9.17, 15) is 4.79 Å². The van der Waals surface area contributed by atoms with Crippen LogP contribution in [0.2, 0.25) is 0 Å². The van der Waals surface area contributed by atoms with E-state index < -0.39 is 5.97 Å². The van der Waals surface area contributed by atoms with Crippen LogP contribution in [0.5, 0.6) is 0 Å². The van der Waals surface area contributed by atoms with Crippen molar-refractivity contribution in [1.29, 1.82) is 0 Å². The first-order chi connectivity index (χ1) is 8.54. The molecular weight excluding hydrogens is 226 g/mol. The second-order valence-corrected chi connectivity index (χ2v) is 5.56. The van der Waals surface area contributed by atoms with Crippen molar-refractivity contribution in [3.05, 3.63) is 34.9 Å². The molecule has 1 aromatic rings. The summed E-state index contributed by atoms with van der Waals surface area (Å²) < 4.78 is 0. The van der Waals surface area contributed by atoms with Crippen LogP contribution in [0.4, 0.5) is 0 Å². The number of fused-ring (bicyclic) bond motifs is 1. The largest absolute Gasteiger partial charge is 0.480 e. The number of hydrogen-bond acceptors (Lipinski definition) is 2. The first kappa shape index (κ1) is 13.1. The van der Waals surface area contributed by atoms with E-state index in [1.807, 2.05) is 4.90 Å². The predicted molar refractivity (Wildman–Crippen MR) is 71.6 cm³/mol. The van der Waals surface area contributed by atoms with Gasteiger partial charge in [0, 0.05) is 13.1 Å². The van der Waals surface area contributed by atoms with Crippen LogP contribution in [-0.4, -0.2) is 29.1 Å². The zero-order chi connectivity index (χ0) is 13.1. The molecule has 0 spiro atoms. The SMILES string of the molecule is CC(C)Cc1ccc2c(c1)CCN(CC(=O)O)C2. The Morgan fingerprint density at radius 1 is 1.39 bits per heavy atom. The normalized spacial score (nSPS) is 15.7. The lowest BCUT2D eigenvalue weighted by Gasteiger charge is -2.27. The van der Waals surface area contributed by atoms with E-state index in [1.165, 1.54) is 16.7 Å². The number of nitrogens with zero attached hydrogens (tertiary/aromatic N) is 1. The Morgan fingerprint density at radius 2 is 2.17 bits per heavy atom. The van der Waals surface area contributed by atoms with Crippen LogP contribution < -0.4 is 0 Å². The fourth-order valence-corrected chi connectivity index (χ4v) is 2.59. The Labute approximate surface area is 108 Å². The highest BCUT2D eigenvalue weighted by molar-refractivity contribution is 5.69. The van der Waals surface area contributed by atoms with Crippen molar-refractivity contribution >= 4 is 5.97 Å². The van der Waals surface area contributed by atoms with Crippen molar-refractivity contribution in [2.24, 2.45) is 5.92 Å². The van der Waals surface area contributed by atoms with Gasteiger partial charge in [-0.05, 0) is 35.4 Å². The summed E-state index contributed by atoms with van der Waals surface area (Å²) >= 11 is 0. The molecule has 0 unspecified atom stereocenters. The summed E-state index contributed by atoms with van der Waals surface area (Å²) in [4.78, 5) is 12.7. The molecule has 0 amide bonds. The molecule has 0 aromatic heterocycles. The van der Waals surface area contributed by atoms with Crippen LogP contribution in [0.3, 0.4) is 0 Å². The molecule has 18 heavy (non-hydrogen) atoms. The van der Waals surface area contributed by atoms with Crippen LogP contribution in [0, 0.1) is 5.92 Å². The third-order valence-electron chi connectivity index (χ3n) is 3.36. The van der Waals surface area contributed by atoms with Crippen LogP contribution >= 0.6 is 0 Å². The molecule has 1 N–H and O–H groups in total. The monoisotopic (exact) mass is 247 g/mol. The number of rotatable bonds is 4. The second kappa shape index (κ2) is 5.53. The maximum Gasteiger partial charge on any atom is 0.317 e. The predicted octanol–water partition coefficient (Wildman–Crippen LogP) is 2.33. The summed E-state index contributed by atoms with van der Waals surface area (Å²) in [6.07, 6.45) is 2.08. The smallest absolute Gasteiger partial charge is 0.317 e. The molecule has 3 heteroatoms. The van der Waals surface area contributed by atoms with Crippen LogP contribution in [0.25, 0.3) is 0 Å². The van der Waals surface area contributed by atoms with Crippen molar-refractivity contribution in [1.82, 2.24) is 4.90 Å². The maximum absolute atomic E-state index is 10.7. The summed E-state index contributed by atoms with van der Waals surface area (Å²) in [5.41, 5.74) is 4.08. The molecule has 0 bridgehead atoms. The Bertz CT molecular complexity index is 440. The highest BCUT2D eigenvalue weighted by Crippen LogP contribution is 2.21. The zero-order valence-corrected chi connectivity index (χ0v) is 11.1. The zero-order valence-electron chi connectivity index (χ0n) is 11.1. The maximum atomic E-state index is 10.7. The van der Waals surface area contributed by atoms with Gasteiger partial charge in [0.15, 0.2) is 0 Å². The molecule has 0 radical (unpaired) electrons. The number of carboxylic acids is 1. The van der Waals surface area contributed by atoms with E-state index in [4.69, 9.17) is 5.11 Å². The molecule has 1 aromatic carbocycles. The van der Waals surface area contributed by atoms with E-state index in [0.717, 1.165) is 25.9 Å². The summed E-state index contributed by atoms with van der Waals surface area (Å²) in [6, 6.07) is 6.65. The van der Waals surface area contributed by atoms with Gasteiger partial charge in [-0.3, -0.25) is 9.69 Å². The third-order valence-corrected chi connectivity index (χ3v) is 3.36. The molecule has 0 atom stereocenters. The third kappa shape index (κ3) is 3.33. The fraction of sp³-hybridized carbons (Fsp3) is 0.533. The number of benzene rings is 1. The second-order valence-electron chi connectivity index (χ2n) is 5.56. The highest BCUT2D eigenvalue weighted by atomic mass is 16.4. The van der Waals surface area contributed by atoms with Crippen LogP contribution in [0.1, 0.15) is 30.5 Å². The minimum atomic E-state index is -0.741. The van der Waals surface area contributed by atoms with Gasteiger partial charge in [-0.2, -0.15) is 0 Å². The summed E-state index contributed by atoms with van der Waals surface area (Å²) in [6.45, 7) is 6.23. The Morgan fingerprint density at radius 3 is 2.83 bits per heavy atom. The standard InChI is InChI=1S/C15H21NO2/c1-11(2)7-12-3-4-14-9-16(10-15(17)18)6-5-13(14)8-12/h3-4,8,11H,5-7,9-10H2,1-2H3,(H,17,18). The fourth-order valence-electron chi connectivity index (χ4n) is 2.59. The number of carbonyl (C=O) groups is 1. The summed E-state index contributed by atoms with van der Waals surface area (Å²) in [5.74, 6) is -0.0648. The lowest BCUT2D eigenvalue weighted by atomic mass is 9.94. The number of carboxylic acid groups (broad SMARTS) is 1. The quantitative estimate of drug-likeness (QED) is 0.887. The van der Waals surface area contributed by atoms with Gasteiger partial charge >= 0.3 is 5.97 Å². The minimum Gasteiger partial charge on any atom is -0.480 e. The van der Waals surface area contributed by atoms with E-state index in [-0.39, 0.29) is 6.54 Å². The van der Waals surface area contributed by atoms with Crippen LogP contribution in [-0.2, 0) is 24.2 Å². The lowest BCUT2D eigenvalue weighted by Crippen LogP contribution is -2.34. The van der Waals surface area contributed by atoms with Crippen molar-refractivity contribution in [2.45, 2.75) is 33.2 Å².